The van der Waals surface area contributed by atoms with E-state index < -0.39 is 5.97 Å². The molecule has 2 aliphatic rings. The van der Waals surface area contributed by atoms with E-state index in [1.165, 1.54) is 5.75 Å². The van der Waals surface area contributed by atoms with Crippen LogP contribution < -0.4 is 0 Å². The SMILES string of the molecule is O=C(O)C(C1CC1)N1CCCSCC1. The van der Waals surface area contributed by atoms with Crippen LogP contribution in [-0.4, -0.2) is 46.6 Å². The Morgan fingerprint density at radius 2 is 2.14 bits per heavy atom. The summed E-state index contributed by atoms with van der Waals surface area (Å²) in [6.07, 6.45) is 3.36. The Balaban J connectivity index is 1.97. The van der Waals surface area contributed by atoms with Crippen LogP contribution in [0.15, 0.2) is 0 Å². The average molecular weight is 215 g/mol. The maximum absolute atomic E-state index is 11.1. The van der Waals surface area contributed by atoms with Crippen LogP contribution in [0.2, 0.25) is 0 Å². The highest BCUT2D eigenvalue weighted by Gasteiger charge is 2.40. The first-order valence-electron chi connectivity index (χ1n) is 5.33. The highest BCUT2D eigenvalue weighted by molar-refractivity contribution is 7.99. The fourth-order valence-electron chi connectivity index (χ4n) is 2.11. The molecule has 0 spiro atoms. The van der Waals surface area contributed by atoms with Crippen molar-refractivity contribution >= 4 is 17.7 Å². The van der Waals surface area contributed by atoms with E-state index in [2.05, 4.69) is 4.90 Å². The van der Waals surface area contributed by atoms with Crippen LogP contribution in [0.1, 0.15) is 19.3 Å². The molecule has 3 nitrogen and oxygen atoms in total. The molecule has 1 unspecified atom stereocenters. The summed E-state index contributed by atoms with van der Waals surface area (Å²) in [5, 5.41) is 9.18. The van der Waals surface area contributed by atoms with Gasteiger partial charge in [-0.2, -0.15) is 11.8 Å². The fraction of sp³-hybridized carbons (Fsp3) is 0.900. The van der Waals surface area contributed by atoms with E-state index in [1.54, 1.807) is 0 Å². The van der Waals surface area contributed by atoms with Crippen LogP contribution in [0.4, 0.5) is 0 Å². The first-order chi connectivity index (χ1) is 6.79. The van der Waals surface area contributed by atoms with Gasteiger partial charge in [-0.15, -0.1) is 0 Å². The highest BCUT2D eigenvalue weighted by Crippen LogP contribution is 2.36. The Bertz CT molecular complexity index is 210. The number of carbonyl (C=O) groups is 1. The molecule has 1 saturated carbocycles. The summed E-state index contributed by atoms with van der Waals surface area (Å²) in [4.78, 5) is 13.3. The lowest BCUT2D eigenvalue weighted by Gasteiger charge is -2.26. The molecule has 0 amide bonds. The largest absolute Gasteiger partial charge is 0.480 e. The fourth-order valence-corrected chi connectivity index (χ4v) is 3.01. The highest BCUT2D eigenvalue weighted by atomic mass is 32.2. The van der Waals surface area contributed by atoms with Gasteiger partial charge in [0.2, 0.25) is 0 Å². The number of carboxylic acid groups (broad SMARTS) is 1. The molecule has 0 radical (unpaired) electrons. The molecule has 4 heteroatoms. The third kappa shape index (κ3) is 2.42. The minimum Gasteiger partial charge on any atom is -0.480 e. The van der Waals surface area contributed by atoms with Crippen molar-refractivity contribution in [1.29, 1.82) is 0 Å². The van der Waals surface area contributed by atoms with Gasteiger partial charge in [-0.3, -0.25) is 9.69 Å². The summed E-state index contributed by atoms with van der Waals surface area (Å²) >= 11 is 1.95. The Kier molecular flexibility index (Phi) is 3.34. The van der Waals surface area contributed by atoms with Crippen LogP contribution in [0.25, 0.3) is 0 Å². The quantitative estimate of drug-likeness (QED) is 0.770. The van der Waals surface area contributed by atoms with E-state index in [-0.39, 0.29) is 6.04 Å². The maximum Gasteiger partial charge on any atom is 0.321 e. The third-order valence-electron chi connectivity index (χ3n) is 2.97. The number of nitrogens with zero attached hydrogens (tertiary/aromatic N) is 1. The van der Waals surface area contributed by atoms with Crippen LogP contribution in [0, 0.1) is 5.92 Å². The number of thioether (sulfide) groups is 1. The first-order valence-corrected chi connectivity index (χ1v) is 6.49. The van der Waals surface area contributed by atoms with Crippen molar-refractivity contribution in [3.05, 3.63) is 0 Å². The molecular formula is C10H17NO2S. The number of hydrogen-bond acceptors (Lipinski definition) is 3. The van der Waals surface area contributed by atoms with E-state index in [4.69, 9.17) is 0 Å². The Morgan fingerprint density at radius 3 is 2.79 bits per heavy atom. The predicted octanol–water partition coefficient (Wildman–Crippen LogP) is 1.29. The maximum atomic E-state index is 11.1. The normalized spacial score (nSPS) is 26.9. The summed E-state index contributed by atoms with van der Waals surface area (Å²) < 4.78 is 0. The number of hydrogen-bond donors (Lipinski definition) is 1. The van der Waals surface area contributed by atoms with Crippen LogP contribution in [-0.2, 0) is 4.79 Å². The van der Waals surface area contributed by atoms with Gasteiger partial charge in [0, 0.05) is 12.3 Å². The summed E-state index contributed by atoms with van der Waals surface area (Å²) in [5.74, 6) is 2.11. The predicted molar refractivity (Wildman–Crippen MR) is 57.7 cm³/mol. The lowest BCUT2D eigenvalue weighted by atomic mass is 10.1. The van der Waals surface area contributed by atoms with Crippen molar-refractivity contribution in [2.24, 2.45) is 5.92 Å². The second-order valence-electron chi connectivity index (χ2n) is 4.12. The lowest BCUT2D eigenvalue weighted by molar-refractivity contribution is -0.144. The monoisotopic (exact) mass is 215 g/mol. The van der Waals surface area contributed by atoms with Gasteiger partial charge in [0.1, 0.15) is 6.04 Å². The van der Waals surface area contributed by atoms with E-state index in [9.17, 15) is 9.90 Å². The van der Waals surface area contributed by atoms with Gasteiger partial charge in [0.15, 0.2) is 0 Å². The van der Waals surface area contributed by atoms with Crippen molar-refractivity contribution in [3.8, 4) is 0 Å². The molecule has 2 fully saturated rings. The molecule has 1 aliphatic heterocycles. The van der Waals surface area contributed by atoms with Crippen LogP contribution >= 0.6 is 11.8 Å². The minimum absolute atomic E-state index is 0.186. The molecule has 1 aliphatic carbocycles. The van der Waals surface area contributed by atoms with Crippen molar-refractivity contribution in [3.63, 3.8) is 0 Å². The molecule has 1 N–H and O–H groups in total. The molecule has 1 heterocycles. The zero-order valence-electron chi connectivity index (χ0n) is 8.32. The lowest BCUT2D eigenvalue weighted by Crippen LogP contribution is -2.43. The van der Waals surface area contributed by atoms with E-state index in [0.717, 1.165) is 38.1 Å². The zero-order chi connectivity index (χ0) is 9.97. The molecule has 0 aromatic carbocycles. The van der Waals surface area contributed by atoms with Gasteiger partial charge < -0.3 is 5.11 Å². The molecule has 0 aromatic rings. The van der Waals surface area contributed by atoms with E-state index in [0.29, 0.717) is 5.92 Å². The first kappa shape index (κ1) is 10.3. The Labute approximate surface area is 88.9 Å². The second-order valence-corrected chi connectivity index (χ2v) is 5.35. The molecule has 2 rings (SSSR count). The third-order valence-corrected chi connectivity index (χ3v) is 4.02. The van der Waals surface area contributed by atoms with Gasteiger partial charge in [-0.25, -0.2) is 0 Å². The van der Waals surface area contributed by atoms with Crippen LogP contribution in [0.5, 0.6) is 0 Å². The van der Waals surface area contributed by atoms with E-state index in [1.807, 2.05) is 11.8 Å². The van der Waals surface area contributed by atoms with Crippen molar-refractivity contribution in [2.45, 2.75) is 25.3 Å². The molecule has 0 aromatic heterocycles. The summed E-state index contributed by atoms with van der Waals surface area (Å²) in [7, 11) is 0. The number of rotatable bonds is 3. The van der Waals surface area contributed by atoms with Crippen molar-refractivity contribution in [2.75, 3.05) is 24.6 Å². The molecular weight excluding hydrogens is 198 g/mol. The van der Waals surface area contributed by atoms with Gasteiger partial charge >= 0.3 is 5.97 Å². The summed E-state index contributed by atoms with van der Waals surface area (Å²) in [6.45, 7) is 1.93. The van der Waals surface area contributed by atoms with Gasteiger partial charge in [-0.05, 0) is 37.5 Å². The Hall–Kier alpha value is -0.220. The van der Waals surface area contributed by atoms with Gasteiger partial charge in [0.25, 0.3) is 0 Å². The summed E-state index contributed by atoms with van der Waals surface area (Å²) in [6, 6.07) is -0.186. The molecule has 0 bridgehead atoms. The standard InChI is InChI=1S/C10H17NO2S/c12-10(13)9(8-2-3-8)11-4-1-6-14-7-5-11/h8-9H,1-7H2,(H,12,13). The second kappa shape index (κ2) is 4.53. The zero-order valence-corrected chi connectivity index (χ0v) is 9.13. The minimum atomic E-state index is -0.612. The topological polar surface area (TPSA) is 40.5 Å². The van der Waals surface area contributed by atoms with Crippen molar-refractivity contribution < 1.29 is 9.90 Å². The average Bonchev–Trinajstić information content (AvgIpc) is 2.91. The molecule has 14 heavy (non-hydrogen) atoms. The summed E-state index contributed by atoms with van der Waals surface area (Å²) in [5.41, 5.74) is 0. The number of aliphatic carboxylic acids is 1. The van der Waals surface area contributed by atoms with Gasteiger partial charge in [0.05, 0.1) is 0 Å². The number of carboxylic acids is 1. The smallest absolute Gasteiger partial charge is 0.321 e. The molecule has 1 atom stereocenters. The van der Waals surface area contributed by atoms with Crippen molar-refractivity contribution in [1.82, 2.24) is 4.90 Å². The molecule has 1 saturated heterocycles. The van der Waals surface area contributed by atoms with E-state index >= 15 is 0 Å². The van der Waals surface area contributed by atoms with Crippen LogP contribution in [0.3, 0.4) is 0 Å². The molecule has 80 valence electrons. The van der Waals surface area contributed by atoms with Gasteiger partial charge in [-0.1, -0.05) is 0 Å². The Morgan fingerprint density at radius 1 is 1.36 bits per heavy atom.